The van der Waals surface area contributed by atoms with Gasteiger partial charge in [0.05, 0.1) is 5.56 Å². The molecule has 6 rings (SSSR count). The summed E-state index contributed by atoms with van der Waals surface area (Å²) in [5, 5.41) is 2.04. The van der Waals surface area contributed by atoms with Gasteiger partial charge < -0.3 is 4.42 Å². The van der Waals surface area contributed by atoms with Crippen molar-refractivity contribution >= 4 is 33.2 Å². The van der Waals surface area contributed by atoms with E-state index in [2.05, 4.69) is 38.8 Å². The Bertz CT molecular complexity index is 1510. The number of aromatic nitrogens is 4. The number of pyridine rings is 2. The molecule has 0 aliphatic heterocycles. The second kappa shape index (κ2) is 6.01. The monoisotopic (exact) mass is 376 g/mol. The molecule has 0 unspecified atom stereocenters. The molecule has 0 amide bonds. The Morgan fingerprint density at radius 3 is 2.59 bits per heavy atom. The zero-order chi connectivity index (χ0) is 19.4. The molecule has 0 N–H and O–H groups in total. The van der Waals surface area contributed by atoms with Gasteiger partial charge in [0, 0.05) is 28.4 Å². The van der Waals surface area contributed by atoms with Crippen LogP contribution in [0.25, 0.3) is 50.3 Å². The summed E-state index contributed by atoms with van der Waals surface area (Å²) in [7, 11) is 0. The van der Waals surface area contributed by atoms with E-state index in [1.165, 1.54) is 0 Å². The minimum Gasteiger partial charge on any atom is -0.437 e. The number of fused-ring (bicyclic) bond motifs is 4. The summed E-state index contributed by atoms with van der Waals surface area (Å²) in [5.41, 5.74) is 5.94. The molecule has 0 aliphatic carbocycles. The number of imidazole rings is 1. The number of nitrogens with zero attached hydrogens (tertiary/aromatic N) is 4. The molecule has 138 valence electrons. The second-order valence-electron chi connectivity index (χ2n) is 7.04. The van der Waals surface area contributed by atoms with Crippen molar-refractivity contribution in [1.29, 1.82) is 0 Å². The van der Waals surface area contributed by atoms with Crippen LogP contribution in [0, 0.1) is 6.92 Å². The number of hydrogen-bond donors (Lipinski definition) is 0. The molecule has 0 radical (unpaired) electrons. The number of benzene rings is 2. The first-order chi connectivity index (χ1) is 14.3. The highest BCUT2D eigenvalue weighted by Gasteiger charge is 2.20. The summed E-state index contributed by atoms with van der Waals surface area (Å²) >= 11 is 0. The third-order valence-corrected chi connectivity index (χ3v) is 5.17. The van der Waals surface area contributed by atoms with E-state index in [-0.39, 0.29) is 0 Å². The molecule has 6 aromatic rings. The summed E-state index contributed by atoms with van der Waals surface area (Å²) in [6.45, 7) is 1.97. The van der Waals surface area contributed by atoms with Crippen molar-refractivity contribution in [2.75, 3.05) is 0 Å². The molecular formula is C24H16N4O. The lowest BCUT2D eigenvalue weighted by molar-refractivity contribution is 0.653. The fourth-order valence-electron chi connectivity index (χ4n) is 3.86. The van der Waals surface area contributed by atoms with Gasteiger partial charge in [-0.05, 0) is 49.4 Å². The highest BCUT2D eigenvalue weighted by molar-refractivity contribution is 6.08. The van der Waals surface area contributed by atoms with E-state index in [9.17, 15) is 0 Å². The van der Waals surface area contributed by atoms with E-state index in [1.807, 2.05) is 55.5 Å². The van der Waals surface area contributed by atoms with Gasteiger partial charge in [0.2, 0.25) is 5.71 Å². The Hall–Kier alpha value is -3.99. The van der Waals surface area contributed by atoms with Crippen LogP contribution < -0.4 is 0 Å². The molecule has 5 nitrogen and oxygen atoms in total. The van der Waals surface area contributed by atoms with Gasteiger partial charge in [-0.25, -0.2) is 15.0 Å². The maximum atomic E-state index is 6.22. The summed E-state index contributed by atoms with van der Waals surface area (Å²) in [4.78, 5) is 14.1. The minimum atomic E-state index is 0.646. The van der Waals surface area contributed by atoms with Crippen LogP contribution in [0.15, 0.2) is 83.4 Å². The average molecular weight is 376 g/mol. The van der Waals surface area contributed by atoms with E-state index in [4.69, 9.17) is 9.40 Å². The van der Waals surface area contributed by atoms with E-state index in [0.717, 1.165) is 50.3 Å². The van der Waals surface area contributed by atoms with E-state index < -0.39 is 0 Å². The third kappa shape index (κ3) is 2.37. The molecule has 0 atom stereocenters. The highest BCUT2D eigenvalue weighted by atomic mass is 16.3. The molecule has 4 aromatic heterocycles. The third-order valence-electron chi connectivity index (χ3n) is 5.17. The number of hydrogen-bond acceptors (Lipinski definition) is 4. The van der Waals surface area contributed by atoms with Crippen molar-refractivity contribution in [2.45, 2.75) is 6.92 Å². The molecule has 5 heteroatoms. The largest absolute Gasteiger partial charge is 0.437 e. The zero-order valence-corrected chi connectivity index (χ0v) is 15.7. The molecule has 0 fully saturated rings. The Balaban J connectivity index is 1.73. The van der Waals surface area contributed by atoms with Crippen LogP contribution in [0.5, 0.6) is 0 Å². The van der Waals surface area contributed by atoms with Crippen LogP contribution in [0.4, 0.5) is 0 Å². The number of furan rings is 1. The standard InChI is InChI=1S/C24H16N4O/c1-15-12-13-18-17-9-5-10-19(21(17)29-24(18)26-15)22-27-20-11-6-14-25-23(20)28(22)16-7-3-2-4-8-16/h2-14H,1H3. The SMILES string of the molecule is Cc1ccc2c(n1)oc1c(-c3nc4cccnc4n3-c3ccccc3)cccc12. The smallest absolute Gasteiger partial charge is 0.227 e. The Morgan fingerprint density at radius 1 is 0.793 bits per heavy atom. The maximum absolute atomic E-state index is 6.22. The average Bonchev–Trinajstić information content (AvgIpc) is 3.32. The van der Waals surface area contributed by atoms with Gasteiger partial charge in [0.25, 0.3) is 0 Å². The minimum absolute atomic E-state index is 0.646. The van der Waals surface area contributed by atoms with Gasteiger partial charge in [0.1, 0.15) is 11.1 Å². The van der Waals surface area contributed by atoms with Gasteiger partial charge in [-0.15, -0.1) is 0 Å². The van der Waals surface area contributed by atoms with Gasteiger partial charge in [-0.2, -0.15) is 0 Å². The van der Waals surface area contributed by atoms with Crippen LogP contribution in [0.3, 0.4) is 0 Å². The zero-order valence-electron chi connectivity index (χ0n) is 15.7. The van der Waals surface area contributed by atoms with Crippen LogP contribution in [-0.4, -0.2) is 19.5 Å². The van der Waals surface area contributed by atoms with Gasteiger partial charge in [-0.1, -0.05) is 30.3 Å². The van der Waals surface area contributed by atoms with Crippen molar-refractivity contribution in [3.05, 3.63) is 84.7 Å². The Kier molecular flexibility index (Phi) is 3.32. The molecule has 0 spiro atoms. The Labute approximate surface area is 166 Å². The van der Waals surface area contributed by atoms with Gasteiger partial charge in [-0.3, -0.25) is 4.57 Å². The number of aryl methyl sites for hydroxylation is 1. The van der Waals surface area contributed by atoms with E-state index in [0.29, 0.717) is 5.71 Å². The fourth-order valence-corrected chi connectivity index (χ4v) is 3.86. The topological polar surface area (TPSA) is 56.7 Å². The normalized spacial score (nSPS) is 11.6. The Morgan fingerprint density at radius 2 is 1.69 bits per heavy atom. The van der Waals surface area contributed by atoms with Crippen LogP contribution in [-0.2, 0) is 0 Å². The predicted octanol–water partition coefficient (Wildman–Crippen LogP) is 5.69. The second-order valence-corrected chi connectivity index (χ2v) is 7.04. The van der Waals surface area contributed by atoms with Crippen LogP contribution in [0.1, 0.15) is 5.69 Å². The molecular weight excluding hydrogens is 360 g/mol. The van der Waals surface area contributed by atoms with E-state index >= 15 is 0 Å². The van der Waals surface area contributed by atoms with Crippen LogP contribution in [0.2, 0.25) is 0 Å². The lowest BCUT2D eigenvalue weighted by atomic mass is 10.1. The molecule has 0 aliphatic rings. The fraction of sp³-hybridized carbons (Fsp3) is 0.0417. The summed E-state index contributed by atoms with van der Waals surface area (Å²) in [5.74, 6) is 0.797. The molecule has 0 saturated carbocycles. The first-order valence-corrected chi connectivity index (χ1v) is 9.48. The predicted molar refractivity (Wildman–Crippen MR) is 114 cm³/mol. The molecule has 2 aromatic carbocycles. The summed E-state index contributed by atoms with van der Waals surface area (Å²) in [6.07, 6.45) is 1.79. The lowest BCUT2D eigenvalue weighted by Gasteiger charge is -2.09. The lowest BCUT2D eigenvalue weighted by Crippen LogP contribution is -1.98. The van der Waals surface area contributed by atoms with Crippen molar-refractivity contribution in [1.82, 2.24) is 19.5 Å². The molecule has 0 bridgehead atoms. The molecule has 4 heterocycles. The first-order valence-electron chi connectivity index (χ1n) is 9.48. The molecule has 29 heavy (non-hydrogen) atoms. The summed E-state index contributed by atoms with van der Waals surface area (Å²) < 4.78 is 8.30. The first kappa shape index (κ1) is 16.0. The van der Waals surface area contributed by atoms with Crippen molar-refractivity contribution in [3.63, 3.8) is 0 Å². The van der Waals surface area contributed by atoms with Gasteiger partial charge >= 0.3 is 0 Å². The van der Waals surface area contributed by atoms with Crippen LogP contribution >= 0.6 is 0 Å². The highest BCUT2D eigenvalue weighted by Crippen LogP contribution is 2.36. The number of rotatable bonds is 2. The molecule has 0 saturated heterocycles. The quantitative estimate of drug-likeness (QED) is 0.389. The van der Waals surface area contributed by atoms with Crippen molar-refractivity contribution < 1.29 is 4.42 Å². The van der Waals surface area contributed by atoms with Crippen molar-refractivity contribution in [2.24, 2.45) is 0 Å². The summed E-state index contributed by atoms with van der Waals surface area (Å²) in [6, 6.07) is 24.3. The number of para-hydroxylation sites is 2. The van der Waals surface area contributed by atoms with E-state index in [1.54, 1.807) is 6.20 Å². The van der Waals surface area contributed by atoms with Crippen molar-refractivity contribution in [3.8, 4) is 17.1 Å². The maximum Gasteiger partial charge on any atom is 0.227 e. The van der Waals surface area contributed by atoms with Gasteiger partial charge in [0.15, 0.2) is 11.5 Å².